The van der Waals surface area contributed by atoms with Crippen molar-refractivity contribution < 1.29 is 14.3 Å². The summed E-state index contributed by atoms with van der Waals surface area (Å²) in [5.74, 6) is 1.93. The Morgan fingerprint density at radius 3 is 2.60 bits per heavy atom. The summed E-state index contributed by atoms with van der Waals surface area (Å²) in [4.78, 5) is 26.2. The maximum atomic E-state index is 12.5. The zero-order valence-electron chi connectivity index (χ0n) is 16.2. The first kappa shape index (κ1) is 20.0. The molecule has 1 heterocycles. The maximum absolute atomic E-state index is 12.5. The average Bonchev–Trinajstić information content (AvgIpc) is 3.09. The monoisotopic (exact) mass is 350 g/mol. The zero-order chi connectivity index (χ0) is 18.4. The molecular weight excluding hydrogens is 316 g/mol. The molecule has 0 saturated carbocycles. The summed E-state index contributed by atoms with van der Waals surface area (Å²) < 4.78 is 4.88. The van der Waals surface area contributed by atoms with Gasteiger partial charge < -0.3 is 15.0 Å². The predicted molar refractivity (Wildman–Crippen MR) is 99.0 cm³/mol. The van der Waals surface area contributed by atoms with Crippen molar-refractivity contribution in [2.45, 2.75) is 46.5 Å². The van der Waals surface area contributed by atoms with Gasteiger partial charge in [-0.05, 0) is 49.9 Å². The molecule has 1 N–H and O–H groups in total. The molecule has 2 rings (SSSR count). The Morgan fingerprint density at radius 2 is 2.00 bits per heavy atom. The molecule has 1 fully saturated rings. The molecule has 1 aliphatic heterocycles. The molecule has 2 aliphatic rings. The molecule has 0 radical (unpaired) electrons. The van der Waals surface area contributed by atoms with Crippen LogP contribution < -0.4 is 5.32 Å². The van der Waals surface area contributed by atoms with E-state index in [9.17, 15) is 9.59 Å². The molecule has 3 atom stereocenters. The number of nitrogens with zero attached hydrogens (tertiary/aromatic N) is 1. The second-order valence-corrected chi connectivity index (χ2v) is 7.94. The molecule has 0 aromatic rings. The third-order valence-electron chi connectivity index (χ3n) is 5.77. The van der Waals surface area contributed by atoms with E-state index in [1.807, 2.05) is 4.90 Å². The number of methoxy groups -OCH3 is 1. The molecule has 0 aromatic heterocycles. The summed E-state index contributed by atoms with van der Waals surface area (Å²) in [5, 5.41) is 2.98. The summed E-state index contributed by atoms with van der Waals surface area (Å²) in [6.45, 7) is 9.23. The second kappa shape index (κ2) is 9.37. The fraction of sp³-hybridized carbons (Fsp3) is 0.800. The van der Waals surface area contributed by atoms with E-state index in [2.05, 4.69) is 32.2 Å². The van der Waals surface area contributed by atoms with Crippen LogP contribution in [0.1, 0.15) is 46.5 Å². The normalized spacial score (nSPS) is 26.7. The SMILES string of the molecule is COCC(=O)NCC1C=C(C)C(CC(=O)N2CCCC2)CC1C(C)C. The predicted octanol–water partition coefficient (Wildman–Crippen LogP) is 2.62. The van der Waals surface area contributed by atoms with Gasteiger partial charge in [-0.25, -0.2) is 0 Å². The number of likely N-dealkylation sites (tertiary alicyclic amines) is 1. The van der Waals surface area contributed by atoms with Crippen molar-refractivity contribution in [3.05, 3.63) is 11.6 Å². The van der Waals surface area contributed by atoms with E-state index in [1.54, 1.807) is 0 Å². The van der Waals surface area contributed by atoms with E-state index in [4.69, 9.17) is 4.74 Å². The Morgan fingerprint density at radius 1 is 1.32 bits per heavy atom. The highest BCUT2D eigenvalue weighted by Crippen LogP contribution is 2.39. The summed E-state index contributed by atoms with van der Waals surface area (Å²) in [6.07, 6.45) is 6.24. The van der Waals surface area contributed by atoms with Crippen LogP contribution in [-0.2, 0) is 14.3 Å². The Hall–Kier alpha value is -1.36. The molecule has 5 heteroatoms. The summed E-state index contributed by atoms with van der Waals surface area (Å²) in [7, 11) is 1.53. The minimum absolute atomic E-state index is 0.0672. The molecule has 1 aliphatic carbocycles. The van der Waals surface area contributed by atoms with Gasteiger partial charge in [0.2, 0.25) is 11.8 Å². The highest BCUT2D eigenvalue weighted by Gasteiger charge is 2.33. The Labute approximate surface area is 152 Å². The van der Waals surface area contributed by atoms with Crippen molar-refractivity contribution in [2.75, 3.05) is 33.4 Å². The van der Waals surface area contributed by atoms with Gasteiger partial charge in [0.05, 0.1) is 0 Å². The zero-order valence-corrected chi connectivity index (χ0v) is 16.2. The van der Waals surface area contributed by atoms with Gasteiger partial charge in [-0.15, -0.1) is 0 Å². The van der Waals surface area contributed by atoms with Crippen molar-refractivity contribution in [1.29, 1.82) is 0 Å². The molecular formula is C20H34N2O3. The number of nitrogens with one attached hydrogen (secondary N) is 1. The minimum Gasteiger partial charge on any atom is -0.375 e. The van der Waals surface area contributed by atoms with Crippen molar-refractivity contribution in [1.82, 2.24) is 10.2 Å². The molecule has 1 saturated heterocycles. The molecule has 142 valence electrons. The van der Waals surface area contributed by atoms with Gasteiger partial charge in [0.25, 0.3) is 0 Å². The molecule has 5 nitrogen and oxygen atoms in total. The van der Waals surface area contributed by atoms with Crippen LogP contribution in [0.2, 0.25) is 0 Å². The van der Waals surface area contributed by atoms with E-state index in [1.165, 1.54) is 12.7 Å². The summed E-state index contributed by atoms with van der Waals surface area (Å²) in [5.41, 5.74) is 1.30. The molecule has 3 unspecified atom stereocenters. The van der Waals surface area contributed by atoms with Crippen LogP contribution in [0, 0.1) is 23.7 Å². The lowest BCUT2D eigenvalue weighted by atomic mass is 9.69. The molecule has 0 bridgehead atoms. The number of ether oxygens (including phenoxy) is 1. The Kier molecular flexibility index (Phi) is 7.48. The largest absolute Gasteiger partial charge is 0.375 e. The van der Waals surface area contributed by atoms with E-state index < -0.39 is 0 Å². The van der Waals surface area contributed by atoms with Crippen molar-refractivity contribution in [2.24, 2.45) is 23.7 Å². The van der Waals surface area contributed by atoms with Crippen LogP contribution in [0.15, 0.2) is 11.6 Å². The van der Waals surface area contributed by atoms with Crippen LogP contribution in [0.25, 0.3) is 0 Å². The Bertz CT molecular complexity index is 495. The van der Waals surface area contributed by atoms with Crippen LogP contribution in [0.4, 0.5) is 0 Å². The maximum Gasteiger partial charge on any atom is 0.246 e. The summed E-state index contributed by atoms with van der Waals surface area (Å²) in [6, 6.07) is 0. The third-order valence-corrected chi connectivity index (χ3v) is 5.77. The topological polar surface area (TPSA) is 58.6 Å². The lowest BCUT2D eigenvalue weighted by molar-refractivity contribution is -0.131. The smallest absolute Gasteiger partial charge is 0.246 e. The number of allylic oxidation sites excluding steroid dienone is 1. The van der Waals surface area contributed by atoms with E-state index in [0.717, 1.165) is 32.4 Å². The molecule has 0 spiro atoms. The van der Waals surface area contributed by atoms with Gasteiger partial charge in [0.15, 0.2) is 0 Å². The van der Waals surface area contributed by atoms with Gasteiger partial charge in [0.1, 0.15) is 6.61 Å². The van der Waals surface area contributed by atoms with E-state index >= 15 is 0 Å². The van der Waals surface area contributed by atoms with Gasteiger partial charge in [-0.3, -0.25) is 9.59 Å². The molecule has 25 heavy (non-hydrogen) atoms. The fourth-order valence-electron chi connectivity index (χ4n) is 4.23. The van der Waals surface area contributed by atoms with Crippen LogP contribution in [0.5, 0.6) is 0 Å². The van der Waals surface area contributed by atoms with Crippen LogP contribution in [-0.4, -0.2) is 50.1 Å². The number of hydrogen-bond acceptors (Lipinski definition) is 3. The lowest BCUT2D eigenvalue weighted by Crippen LogP contribution is -2.39. The van der Waals surface area contributed by atoms with Crippen molar-refractivity contribution >= 4 is 11.8 Å². The molecule has 2 amide bonds. The van der Waals surface area contributed by atoms with Gasteiger partial charge >= 0.3 is 0 Å². The van der Waals surface area contributed by atoms with Gasteiger partial charge in [-0.2, -0.15) is 0 Å². The average molecular weight is 351 g/mol. The first-order valence-electron chi connectivity index (χ1n) is 9.64. The van der Waals surface area contributed by atoms with E-state index in [0.29, 0.717) is 42.5 Å². The number of carbonyl (C=O) groups excluding carboxylic acids is 2. The summed E-state index contributed by atoms with van der Waals surface area (Å²) >= 11 is 0. The first-order chi connectivity index (χ1) is 11.9. The van der Waals surface area contributed by atoms with E-state index in [-0.39, 0.29) is 12.5 Å². The van der Waals surface area contributed by atoms with Crippen molar-refractivity contribution in [3.8, 4) is 0 Å². The minimum atomic E-state index is -0.0672. The number of amides is 2. The Balaban J connectivity index is 1.98. The number of carbonyl (C=O) groups is 2. The first-order valence-corrected chi connectivity index (χ1v) is 9.64. The standard InChI is InChI=1S/C20H34N2O3/c1-14(2)18-10-16(11-20(24)22-7-5-6-8-22)15(3)9-17(18)12-21-19(23)13-25-4/h9,14,16-18H,5-8,10-13H2,1-4H3,(H,21,23). The van der Waals surface area contributed by atoms with Crippen LogP contribution >= 0.6 is 0 Å². The van der Waals surface area contributed by atoms with Crippen molar-refractivity contribution in [3.63, 3.8) is 0 Å². The number of rotatable bonds is 7. The molecule has 0 aromatic carbocycles. The third kappa shape index (κ3) is 5.56. The van der Waals surface area contributed by atoms with Gasteiger partial charge in [0, 0.05) is 33.2 Å². The number of hydrogen-bond donors (Lipinski definition) is 1. The fourth-order valence-corrected chi connectivity index (χ4v) is 4.23. The lowest BCUT2D eigenvalue weighted by Gasteiger charge is -2.37. The second-order valence-electron chi connectivity index (χ2n) is 7.94. The van der Waals surface area contributed by atoms with Gasteiger partial charge in [-0.1, -0.05) is 25.5 Å². The highest BCUT2D eigenvalue weighted by molar-refractivity contribution is 5.77. The van der Waals surface area contributed by atoms with Crippen LogP contribution in [0.3, 0.4) is 0 Å². The quantitative estimate of drug-likeness (QED) is 0.718. The highest BCUT2D eigenvalue weighted by atomic mass is 16.5.